The number of carbonyl (C=O) groups is 4. The molecule has 6 aliphatic rings. The molecule has 4 aliphatic heterocycles. The smallest absolute Gasteiger partial charge is 0.347 e. The van der Waals surface area contributed by atoms with Crippen LogP contribution in [0.4, 0.5) is 0 Å². The quantitative estimate of drug-likeness (QED) is 0.264. The summed E-state index contributed by atoms with van der Waals surface area (Å²) in [6.07, 6.45) is 4.62. The van der Waals surface area contributed by atoms with Crippen molar-refractivity contribution in [2.24, 2.45) is 16.7 Å². The highest BCUT2D eigenvalue weighted by Crippen LogP contribution is 2.75. The van der Waals surface area contributed by atoms with Crippen molar-refractivity contribution in [3.05, 3.63) is 24.3 Å². The maximum Gasteiger partial charge on any atom is 0.347 e. The Morgan fingerprint density at radius 2 is 1.70 bits per heavy atom. The summed E-state index contributed by atoms with van der Waals surface area (Å²) in [4.78, 5) is 50.4. The Morgan fingerprint density at radius 3 is 2.40 bits per heavy atom. The van der Waals surface area contributed by atoms with Gasteiger partial charge in [0.1, 0.15) is 24.4 Å². The number of fused-ring (bicyclic) bond motifs is 2. The zero-order valence-electron chi connectivity index (χ0n) is 23.2. The average Bonchev–Trinajstić information content (AvgIpc) is 3.81. The minimum Gasteiger partial charge on any atom is -0.463 e. The van der Waals surface area contributed by atoms with Crippen molar-refractivity contribution in [1.29, 1.82) is 0 Å². The van der Waals surface area contributed by atoms with Gasteiger partial charge in [-0.2, -0.15) is 0 Å². The van der Waals surface area contributed by atoms with E-state index in [9.17, 15) is 19.2 Å². The van der Waals surface area contributed by atoms with Gasteiger partial charge >= 0.3 is 23.9 Å². The van der Waals surface area contributed by atoms with Gasteiger partial charge in [0.05, 0.1) is 36.4 Å². The highest BCUT2D eigenvalue weighted by atomic mass is 16.7. The molecular formula is C29H36O11. The lowest BCUT2D eigenvalue weighted by Gasteiger charge is -2.58. The van der Waals surface area contributed by atoms with E-state index in [1.54, 1.807) is 6.92 Å². The number of epoxide rings is 2. The molecule has 10 atom stereocenters. The zero-order valence-corrected chi connectivity index (χ0v) is 23.2. The van der Waals surface area contributed by atoms with Gasteiger partial charge in [-0.15, -0.1) is 0 Å². The molecule has 0 aromatic carbocycles. The van der Waals surface area contributed by atoms with Crippen molar-refractivity contribution in [3.63, 3.8) is 0 Å². The summed E-state index contributed by atoms with van der Waals surface area (Å²) in [7, 11) is 0. The molecule has 0 aromatic heterocycles. The second-order valence-electron chi connectivity index (χ2n) is 12.4. The molecule has 2 aliphatic carbocycles. The predicted octanol–water partition coefficient (Wildman–Crippen LogP) is 1.95. The average molecular weight is 561 g/mol. The lowest BCUT2D eigenvalue weighted by molar-refractivity contribution is -0.253. The summed E-state index contributed by atoms with van der Waals surface area (Å²) < 4.78 is 41.7. The van der Waals surface area contributed by atoms with Crippen LogP contribution < -0.4 is 0 Å². The lowest BCUT2D eigenvalue weighted by Crippen LogP contribution is -2.69. The minimum absolute atomic E-state index is 0.000405. The third-order valence-corrected chi connectivity index (χ3v) is 10.3. The summed E-state index contributed by atoms with van der Waals surface area (Å²) in [5.41, 5.74) is -2.53. The van der Waals surface area contributed by atoms with E-state index in [2.05, 4.69) is 13.8 Å². The van der Waals surface area contributed by atoms with E-state index in [-0.39, 0.29) is 37.4 Å². The molecule has 0 N–H and O–H groups in total. The van der Waals surface area contributed by atoms with Gasteiger partial charge < -0.3 is 33.2 Å². The normalized spacial score (nSPS) is 49.6. The Balaban J connectivity index is 1.38. The van der Waals surface area contributed by atoms with Gasteiger partial charge in [0, 0.05) is 36.8 Å². The van der Waals surface area contributed by atoms with Crippen molar-refractivity contribution in [2.75, 3.05) is 19.8 Å². The predicted molar refractivity (Wildman–Crippen MR) is 134 cm³/mol. The molecule has 6 rings (SSSR count). The monoisotopic (exact) mass is 560 g/mol. The molecule has 2 spiro atoms. The molecule has 3 saturated heterocycles. The fraction of sp³-hybridized carbons (Fsp3) is 0.724. The number of cyclic esters (lactones) is 2. The van der Waals surface area contributed by atoms with Crippen LogP contribution in [0.25, 0.3) is 0 Å². The molecule has 40 heavy (non-hydrogen) atoms. The summed E-state index contributed by atoms with van der Waals surface area (Å²) in [5.74, 6) is -2.98. The van der Waals surface area contributed by atoms with Crippen LogP contribution in [0.2, 0.25) is 0 Å². The van der Waals surface area contributed by atoms with Crippen LogP contribution in [-0.2, 0) is 52.3 Å². The van der Waals surface area contributed by atoms with Crippen molar-refractivity contribution in [1.82, 2.24) is 0 Å². The van der Waals surface area contributed by atoms with E-state index in [1.165, 1.54) is 31.2 Å². The van der Waals surface area contributed by atoms with Crippen LogP contribution in [-0.4, -0.2) is 85.4 Å². The first kappa shape index (κ1) is 27.4. The van der Waals surface area contributed by atoms with Crippen LogP contribution in [0.5, 0.6) is 0 Å². The molecule has 0 radical (unpaired) electrons. The largest absolute Gasteiger partial charge is 0.463 e. The van der Waals surface area contributed by atoms with E-state index in [4.69, 9.17) is 33.2 Å². The first-order chi connectivity index (χ1) is 19.0. The van der Waals surface area contributed by atoms with Crippen LogP contribution in [0.15, 0.2) is 24.3 Å². The third-order valence-electron chi connectivity index (χ3n) is 10.3. The summed E-state index contributed by atoms with van der Waals surface area (Å²) >= 11 is 0. The molecule has 11 nitrogen and oxygen atoms in total. The van der Waals surface area contributed by atoms with Crippen molar-refractivity contribution < 1.29 is 52.3 Å². The Bertz CT molecular complexity index is 1170. The number of rotatable bonds is 1. The van der Waals surface area contributed by atoms with E-state index in [1.807, 2.05) is 0 Å². The van der Waals surface area contributed by atoms with Crippen molar-refractivity contribution >= 4 is 23.9 Å². The van der Waals surface area contributed by atoms with Crippen LogP contribution in [0.3, 0.4) is 0 Å². The second kappa shape index (κ2) is 9.39. The second-order valence-corrected chi connectivity index (χ2v) is 12.4. The van der Waals surface area contributed by atoms with E-state index >= 15 is 0 Å². The lowest BCUT2D eigenvalue weighted by atomic mass is 9.50. The molecule has 11 heteroatoms. The van der Waals surface area contributed by atoms with Crippen LogP contribution >= 0.6 is 0 Å². The molecule has 4 heterocycles. The van der Waals surface area contributed by atoms with Crippen molar-refractivity contribution in [2.45, 2.75) is 95.1 Å². The number of hydrogen-bond acceptors (Lipinski definition) is 11. The van der Waals surface area contributed by atoms with Crippen LogP contribution in [0, 0.1) is 16.7 Å². The number of hydrogen-bond donors (Lipinski definition) is 0. The van der Waals surface area contributed by atoms with E-state index in [0.717, 1.165) is 0 Å². The Hall–Kier alpha value is -2.76. The Kier molecular flexibility index (Phi) is 6.43. The van der Waals surface area contributed by atoms with Gasteiger partial charge in [0.25, 0.3) is 0 Å². The van der Waals surface area contributed by atoms with Gasteiger partial charge in [-0.25, -0.2) is 14.4 Å². The fourth-order valence-corrected chi connectivity index (χ4v) is 7.69. The van der Waals surface area contributed by atoms with Gasteiger partial charge in [-0.05, 0) is 26.2 Å². The van der Waals surface area contributed by atoms with Gasteiger partial charge in [0.15, 0.2) is 0 Å². The maximum atomic E-state index is 13.5. The van der Waals surface area contributed by atoms with Crippen molar-refractivity contribution in [3.8, 4) is 0 Å². The zero-order chi connectivity index (χ0) is 28.5. The van der Waals surface area contributed by atoms with Crippen LogP contribution in [0.1, 0.15) is 53.4 Å². The summed E-state index contributed by atoms with van der Waals surface area (Å²) in [6, 6.07) is 0. The Morgan fingerprint density at radius 1 is 0.975 bits per heavy atom. The molecule has 0 aromatic rings. The molecule has 5 fully saturated rings. The van der Waals surface area contributed by atoms with Gasteiger partial charge in [0.2, 0.25) is 6.10 Å². The van der Waals surface area contributed by atoms with E-state index < -0.39 is 64.5 Å². The SMILES string of the molecule is CC(=O)O[C@H]1C(=O)OC[C@@]23CC[C@@]4(C)O[C@@H]4[C@@H]2O[C@@H]2C[C@@H](OC(=O)/C=C\C=C/C(=O)OCC[C@H]1C)[C@]3(C)[C@@]21CO1. The minimum atomic E-state index is -1.19. The molecule has 0 unspecified atom stereocenters. The molecular weight excluding hydrogens is 524 g/mol. The highest BCUT2D eigenvalue weighted by Gasteiger charge is 2.86. The standard InChI is InChI=1S/C29H36O11/c1-16-9-12-34-20(31)7-5-6-8-21(32)38-18-13-19-29(15-36-29)27(18,4)28(14-35-25(33)22(16)37-17(2)30)11-10-26(3)23(40-26)24(28)39-19/h5-8,16,18-19,22-24H,9-15H2,1-4H3/b7-5-,8-6-/t16-,18-,19-,22-,23-,24+,26-,27+,28+,29-/m1/s1. The third kappa shape index (κ3) is 4.03. The number of carbonyl (C=O) groups excluding carboxylic acids is 4. The molecule has 2 saturated carbocycles. The maximum absolute atomic E-state index is 13.5. The molecule has 218 valence electrons. The number of ether oxygens (including phenoxy) is 7. The van der Waals surface area contributed by atoms with Gasteiger partial charge in [-0.1, -0.05) is 26.0 Å². The first-order valence-corrected chi connectivity index (χ1v) is 14.0. The fourth-order valence-electron chi connectivity index (χ4n) is 7.69. The van der Waals surface area contributed by atoms with E-state index in [0.29, 0.717) is 25.9 Å². The number of esters is 4. The topological polar surface area (TPSA) is 139 Å². The molecule has 0 amide bonds. The Labute approximate surface area is 232 Å². The summed E-state index contributed by atoms with van der Waals surface area (Å²) in [5, 5.41) is 0. The molecule has 2 bridgehead atoms. The first-order valence-electron chi connectivity index (χ1n) is 14.0. The van der Waals surface area contributed by atoms with Gasteiger partial charge in [-0.3, -0.25) is 4.79 Å². The summed E-state index contributed by atoms with van der Waals surface area (Å²) in [6.45, 7) is 7.47. The highest BCUT2D eigenvalue weighted by molar-refractivity contribution is 5.84. The number of allylic oxidation sites excluding steroid dienone is 2.